The smallest absolute Gasteiger partial charge is 0.253 e. The predicted octanol–water partition coefficient (Wildman–Crippen LogP) is 0.622. The molecule has 0 saturated heterocycles. The second kappa shape index (κ2) is 11.1. The molecule has 3 N–H and O–H groups in total. The summed E-state index contributed by atoms with van der Waals surface area (Å²) in [6.45, 7) is 5.91. The van der Waals surface area contributed by atoms with Crippen molar-refractivity contribution < 1.29 is 9.59 Å². The maximum Gasteiger partial charge on any atom is 0.253 e. The fourth-order valence-electron chi connectivity index (χ4n) is 2.19. The van der Waals surface area contributed by atoms with E-state index in [-0.39, 0.29) is 18.4 Å². The van der Waals surface area contributed by atoms with E-state index in [1.165, 1.54) is 0 Å². The standard InChI is InChI=1S/C18H29N5O2/c1-5-19-16(24)13-22-18(20-6-2)21-11-10-14-8-7-9-15(12-14)17(25)23(3)4/h7-9,12H,5-6,10-11,13H2,1-4H3,(H,19,24)(H2,20,21,22). The van der Waals surface area contributed by atoms with Gasteiger partial charge >= 0.3 is 0 Å². The van der Waals surface area contributed by atoms with Crippen molar-refractivity contribution in [1.29, 1.82) is 0 Å². The number of nitrogens with one attached hydrogen (secondary N) is 3. The minimum absolute atomic E-state index is 0.00773. The lowest BCUT2D eigenvalue weighted by atomic mass is 10.1. The molecule has 0 aliphatic carbocycles. The molecule has 25 heavy (non-hydrogen) atoms. The highest BCUT2D eigenvalue weighted by Gasteiger charge is 2.08. The van der Waals surface area contributed by atoms with Crippen LogP contribution in [-0.2, 0) is 11.2 Å². The van der Waals surface area contributed by atoms with Gasteiger partial charge in [0.2, 0.25) is 5.91 Å². The second-order valence-electron chi connectivity index (χ2n) is 5.73. The molecule has 0 radical (unpaired) electrons. The SMILES string of the molecule is CCNC(=O)CN=C(NCC)NCCc1cccc(C(=O)N(C)C)c1. The first-order valence-corrected chi connectivity index (χ1v) is 8.57. The number of guanidine groups is 1. The minimum atomic E-state index is -0.102. The number of hydrogen-bond donors (Lipinski definition) is 3. The van der Waals surface area contributed by atoms with Gasteiger partial charge in [-0.15, -0.1) is 0 Å². The van der Waals surface area contributed by atoms with Gasteiger partial charge in [-0.2, -0.15) is 0 Å². The number of carbonyl (C=O) groups is 2. The first-order valence-electron chi connectivity index (χ1n) is 8.57. The third kappa shape index (κ3) is 7.69. The molecule has 0 heterocycles. The monoisotopic (exact) mass is 347 g/mol. The average molecular weight is 347 g/mol. The molecule has 0 unspecified atom stereocenters. The van der Waals surface area contributed by atoms with Crippen molar-refractivity contribution in [2.45, 2.75) is 20.3 Å². The molecule has 0 aromatic heterocycles. The summed E-state index contributed by atoms with van der Waals surface area (Å²) < 4.78 is 0. The van der Waals surface area contributed by atoms with Crippen molar-refractivity contribution in [2.75, 3.05) is 40.3 Å². The van der Waals surface area contributed by atoms with Crippen molar-refractivity contribution in [1.82, 2.24) is 20.9 Å². The van der Waals surface area contributed by atoms with Crippen molar-refractivity contribution in [2.24, 2.45) is 4.99 Å². The Bertz CT molecular complexity index is 599. The summed E-state index contributed by atoms with van der Waals surface area (Å²) in [5.41, 5.74) is 1.75. The third-order valence-electron chi connectivity index (χ3n) is 3.39. The Balaban J connectivity index is 2.58. The highest BCUT2D eigenvalue weighted by atomic mass is 16.2. The van der Waals surface area contributed by atoms with Crippen molar-refractivity contribution in [3.8, 4) is 0 Å². The largest absolute Gasteiger partial charge is 0.357 e. The van der Waals surface area contributed by atoms with Gasteiger partial charge in [-0.05, 0) is 38.0 Å². The van der Waals surface area contributed by atoms with Gasteiger partial charge < -0.3 is 20.9 Å². The van der Waals surface area contributed by atoms with E-state index in [1.807, 2.05) is 38.1 Å². The quantitative estimate of drug-likeness (QED) is 0.475. The van der Waals surface area contributed by atoms with Gasteiger partial charge in [-0.25, -0.2) is 4.99 Å². The van der Waals surface area contributed by atoms with Gasteiger partial charge in [0, 0.05) is 39.3 Å². The van der Waals surface area contributed by atoms with Crippen LogP contribution in [0.5, 0.6) is 0 Å². The molecule has 0 bridgehead atoms. The van der Waals surface area contributed by atoms with Crippen LogP contribution in [0.4, 0.5) is 0 Å². The number of carbonyl (C=O) groups excluding carboxylic acids is 2. The van der Waals surface area contributed by atoms with Crippen LogP contribution >= 0.6 is 0 Å². The Labute approximate surface area is 149 Å². The van der Waals surface area contributed by atoms with Crippen LogP contribution in [0, 0.1) is 0 Å². The minimum Gasteiger partial charge on any atom is -0.357 e. The van der Waals surface area contributed by atoms with Crippen LogP contribution in [0.2, 0.25) is 0 Å². The fraction of sp³-hybridized carbons (Fsp3) is 0.500. The first-order chi connectivity index (χ1) is 12.0. The molecule has 7 heteroatoms. The highest BCUT2D eigenvalue weighted by Crippen LogP contribution is 2.07. The molecule has 0 atom stereocenters. The Morgan fingerprint density at radius 3 is 2.44 bits per heavy atom. The molecule has 1 aromatic carbocycles. The zero-order chi connectivity index (χ0) is 18.7. The summed E-state index contributed by atoms with van der Waals surface area (Å²) in [4.78, 5) is 29.3. The van der Waals surface area contributed by atoms with Crippen molar-refractivity contribution in [3.63, 3.8) is 0 Å². The summed E-state index contributed by atoms with van der Waals surface area (Å²) in [7, 11) is 3.48. The Morgan fingerprint density at radius 2 is 1.80 bits per heavy atom. The molecule has 1 rings (SSSR count). The van der Waals surface area contributed by atoms with Gasteiger partial charge in [0.1, 0.15) is 6.54 Å². The van der Waals surface area contributed by atoms with E-state index >= 15 is 0 Å². The number of benzene rings is 1. The predicted molar refractivity (Wildman–Crippen MR) is 101 cm³/mol. The Kier molecular flexibility index (Phi) is 9.06. The van der Waals surface area contributed by atoms with Gasteiger partial charge in [0.05, 0.1) is 0 Å². The van der Waals surface area contributed by atoms with Crippen LogP contribution < -0.4 is 16.0 Å². The van der Waals surface area contributed by atoms with Gasteiger partial charge in [-0.1, -0.05) is 12.1 Å². The van der Waals surface area contributed by atoms with E-state index in [2.05, 4.69) is 20.9 Å². The van der Waals surface area contributed by atoms with E-state index in [0.717, 1.165) is 12.0 Å². The zero-order valence-corrected chi connectivity index (χ0v) is 15.6. The number of nitrogens with zero attached hydrogens (tertiary/aromatic N) is 2. The molecule has 0 fully saturated rings. The molecule has 0 spiro atoms. The molecular formula is C18H29N5O2. The van der Waals surface area contributed by atoms with Crippen LogP contribution in [-0.4, -0.2) is 62.9 Å². The van der Waals surface area contributed by atoms with Crippen LogP contribution in [0.15, 0.2) is 29.3 Å². The number of amides is 2. The van der Waals surface area contributed by atoms with Crippen LogP contribution in [0.25, 0.3) is 0 Å². The zero-order valence-electron chi connectivity index (χ0n) is 15.6. The second-order valence-corrected chi connectivity index (χ2v) is 5.73. The highest BCUT2D eigenvalue weighted by molar-refractivity contribution is 5.94. The summed E-state index contributed by atoms with van der Waals surface area (Å²) in [5.74, 6) is 0.496. The normalized spacial score (nSPS) is 11.0. The van der Waals surface area contributed by atoms with Crippen LogP contribution in [0.1, 0.15) is 29.8 Å². The third-order valence-corrected chi connectivity index (χ3v) is 3.39. The van der Waals surface area contributed by atoms with E-state index in [9.17, 15) is 9.59 Å². The molecule has 2 amide bonds. The summed E-state index contributed by atoms with van der Waals surface area (Å²) in [6, 6.07) is 7.60. The lowest BCUT2D eigenvalue weighted by Gasteiger charge is -2.13. The first kappa shape index (κ1) is 20.5. The van der Waals surface area contributed by atoms with E-state index in [4.69, 9.17) is 0 Å². The molecule has 0 aliphatic heterocycles. The van der Waals surface area contributed by atoms with Crippen molar-refractivity contribution >= 4 is 17.8 Å². The molecule has 0 aliphatic rings. The maximum absolute atomic E-state index is 12.0. The lowest BCUT2D eigenvalue weighted by molar-refractivity contribution is -0.119. The summed E-state index contributed by atoms with van der Waals surface area (Å²) in [5, 5.41) is 9.02. The lowest BCUT2D eigenvalue weighted by Crippen LogP contribution is -2.39. The van der Waals surface area contributed by atoms with Crippen molar-refractivity contribution in [3.05, 3.63) is 35.4 Å². The van der Waals surface area contributed by atoms with E-state index in [1.54, 1.807) is 19.0 Å². The molecule has 0 saturated carbocycles. The Hall–Kier alpha value is -2.57. The molecular weight excluding hydrogens is 318 g/mol. The average Bonchev–Trinajstić information content (AvgIpc) is 2.59. The molecule has 1 aromatic rings. The summed E-state index contributed by atoms with van der Waals surface area (Å²) >= 11 is 0. The Morgan fingerprint density at radius 1 is 1.08 bits per heavy atom. The van der Waals surface area contributed by atoms with Crippen LogP contribution in [0.3, 0.4) is 0 Å². The number of likely N-dealkylation sites (N-methyl/N-ethyl adjacent to an activating group) is 1. The topological polar surface area (TPSA) is 85.8 Å². The van der Waals surface area contributed by atoms with E-state index < -0.39 is 0 Å². The fourth-order valence-corrected chi connectivity index (χ4v) is 2.19. The van der Waals surface area contributed by atoms with E-state index in [0.29, 0.717) is 31.2 Å². The number of rotatable bonds is 8. The van der Waals surface area contributed by atoms with Gasteiger partial charge in [-0.3, -0.25) is 9.59 Å². The maximum atomic E-state index is 12.0. The van der Waals surface area contributed by atoms with Gasteiger partial charge in [0.25, 0.3) is 5.91 Å². The van der Waals surface area contributed by atoms with Gasteiger partial charge in [0.15, 0.2) is 5.96 Å². The molecule has 138 valence electrons. The molecule has 7 nitrogen and oxygen atoms in total. The number of aliphatic imine (C=N–C) groups is 1. The number of hydrogen-bond acceptors (Lipinski definition) is 3. The summed E-state index contributed by atoms with van der Waals surface area (Å²) in [6.07, 6.45) is 0.750.